The average molecular weight is 520 g/mol. The second kappa shape index (κ2) is 11.5. The molecule has 5 rings (SSSR count). The molecule has 1 N–H and O–H groups in total. The number of nitrogens with zero attached hydrogens (tertiary/aromatic N) is 4. The molecular formula is C29H37N5O4. The number of nitrogens with one attached hydrogen (secondary N) is 1. The molecule has 1 aromatic carbocycles. The first kappa shape index (κ1) is 26.2. The van der Waals surface area contributed by atoms with Crippen molar-refractivity contribution in [2.75, 3.05) is 31.1 Å². The van der Waals surface area contributed by atoms with Gasteiger partial charge >= 0.3 is 0 Å². The Balaban J connectivity index is 1.20. The molecule has 9 nitrogen and oxygen atoms in total. The Kier molecular flexibility index (Phi) is 7.93. The van der Waals surface area contributed by atoms with E-state index in [1.54, 1.807) is 11.0 Å². The molecule has 0 saturated carbocycles. The van der Waals surface area contributed by atoms with Crippen molar-refractivity contribution in [3.63, 3.8) is 0 Å². The van der Waals surface area contributed by atoms with Gasteiger partial charge in [0.05, 0.1) is 0 Å². The van der Waals surface area contributed by atoms with Crippen LogP contribution in [0.25, 0.3) is 0 Å². The van der Waals surface area contributed by atoms with Gasteiger partial charge < -0.3 is 14.5 Å². The maximum absolute atomic E-state index is 13.0. The highest BCUT2D eigenvalue weighted by Crippen LogP contribution is 2.30. The van der Waals surface area contributed by atoms with Crippen LogP contribution < -0.4 is 15.0 Å². The molecule has 0 spiro atoms. The molecule has 2 saturated heterocycles. The molecular weight excluding hydrogens is 482 g/mol. The molecule has 3 aliphatic rings. The Labute approximate surface area is 224 Å². The lowest BCUT2D eigenvalue weighted by atomic mass is 10.0. The Morgan fingerprint density at radius 3 is 2.66 bits per heavy atom. The second-order valence-corrected chi connectivity index (χ2v) is 10.3. The number of carbonyl (C=O) groups is 3. The molecule has 2 unspecified atom stereocenters. The fourth-order valence-corrected chi connectivity index (χ4v) is 5.77. The summed E-state index contributed by atoms with van der Waals surface area (Å²) in [4.78, 5) is 47.8. The van der Waals surface area contributed by atoms with E-state index in [0.29, 0.717) is 31.2 Å². The van der Waals surface area contributed by atoms with Crippen molar-refractivity contribution in [3.05, 3.63) is 53.2 Å². The van der Waals surface area contributed by atoms with Gasteiger partial charge in [0.1, 0.15) is 24.2 Å². The van der Waals surface area contributed by atoms with Crippen LogP contribution in [0, 0.1) is 0 Å². The molecule has 2 atom stereocenters. The molecule has 3 aliphatic heterocycles. The van der Waals surface area contributed by atoms with Crippen LogP contribution in [-0.2, 0) is 22.7 Å². The van der Waals surface area contributed by atoms with Gasteiger partial charge in [-0.3, -0.25) is 24.6 Å². The topological polar surface area (TPSA) is 95.1 Å². The van der Waals surface area contributed by atoms with E-state index in [2.05, 4.69) is 46.1 Å². The Hall–Kier alpha value is -3.46. The highest BCUT2D eigenvalue weighted by molar-refractivity contribution is 6.05. The van der Waals surface area contributed by atoms with Crippen molar-refractivity contribution in [1.82, 2.24) is 20.1 Å². The van der Waals surface area contributed by atoms with Gasteiger partial charge in [0.15, 0.2) is 0 Å². The summed E-state index contributed by atoms with van der Waals surface area (Å²) in [6, 6.07) is 9.54. The van der Waals surface area contributed by atoms with Gasteiger partial charge in [-0.15, -0.1) is 0 Å². The molecule has 38 heavy (non-hydrogen) atoms. The number of hydrogen-bond donors (Lipinski definition) is 1. The summed E-state index contributed by atoms with van der Waals surface area (Å²) >= 11 is 0. The Morgan fingerprint density at radius 1 is 1.08 bits per heavy atom. The fourth-order valence-electron chi connectivity index (χ4n) is 5.77. The van der Waals surface area contributed by atoms with Crippen LogP contribution in [0.4, 0.5) is 5.82 Å². The van der Waals surface area contributed by atoms with E-state index in [0.717, 1.165) is 49.7 Å². The number of hydrogen-bond acceptors (Lipinski definition) is 7. The molecule has 2 aromatic rings. The Morgan fingerprint density at radius 2 is 1.92 bits per heavy atom. The summed E-state index contributed by atoms with van der Waals surface area (Å²) < 4.78 is 6.25. The third-order valence-electron chi connectivity index (χ3n) is 7.97. The predicted octanol–water partition coefficient (Wildman–Crippen LogP) is 3.12. The van der Waals surface area contributed by atoms with Gasteiger partial charge in [0.25, 0.3) is 5.91 Å². The van der Waals surface area contributed by atoms with E-state index in [1.165, 1.54) is 18.4 Å². The monoisotopic (exact) mass is 519 g/mol. The smallest absolute Gasteiger partial charge is 0.255 e. The van der Waals surface area contributed by atoms with Crippen LogP contribution >= 0.6 is 0 Å². The third kappa shape index (κ3) is 5.53. The summed E-state index contributed by atoms with van der Waals surface area (Å²) in [6.07, 6.45) is 6.04. The summed E-state index contributed by atoms with van der Waals surface area (Å²) in [5.41, 5.74) is 2.66. The van der Waals surface area contributed by atoms with Gasteiger partial charge in [-0.2, -0.15) is 0 Å². The summed E-state index contributed by atoms with van der Waals surface area (Å²) in [7, 11) is 0. The lowest BCUT2D eigenvalue weighted by Crippen LogP contribution is -2.52. The minimum absolute atomic E-state index is 0.167. The van der Waals surface area contributed by atoms with Crippen molar-refractivity contribution in [1.29, 1.82) is 0 Å². The molecule has 202 valence electrons. The first-order valence-electron chi connectivity index (χ1n) is 13.8. The number of benzene rings is 1. The lowest BCUT2D eigenvalue weighted by molar-refractivity contribution is -0.136. The van der Waals surface area contributed by atoms with Crippen LogP contribution in [0.1, 0.15) is 67.4 Å². The number of pyridine rings is 1. The number of likely N-dealkylation sites (tertiary alicyclic amines) is 1. The second-order valence-electron chi connectivity index (χ2n) is 10.3. The summed E-state index contributed by atoms with van der Waals surface area (Å²) in [5.74, 6) is 0.908. The first-order valence-corrected chi connectivity index (χ1v) is 13.8. The van der Waals surface area contributed by atoms with E-state index in [1.807, 2.05) is 18.3 Å². The number of imide groups is 1. The van der Waals surface area contributed by atoms with E-state index in [9.17, 15) is 14.4 Å². The zero-order valence-electron chi connectivity index (χ0n) is 22.3. The van der Waals surface area contributed by atoms with Crippen LogP contribution in [-0.4, -0.2) is 70.8 Å². The fraction of sp³-hybridized carbons (Fsp3) is 0.517. The van der Waals surface area contributed by atoms with Crippen molar-refractivity contribution in [2.24, 2.45) is 0 Å². The predicted molar refractivity (Wildman–Crippen MR) is 144 cm³/mol. The normalized spacial score (nSPS) is 21.8. The van der Waals surface area contributed by atoms with Gasteiger partial charge in [-0.05, 0) is 75.0 Å². The van der Waals surface area contributed by atoms with Crippen LogP contribution in [0.2, 0.25) is 0 Å². The zero-order chi connectivity index (χ0) is 26.6. The average Bonchev–Trinajstić information content (AvgIpc) is 3.25. The van der Waals surface area contributed by atoms with Crippen molar-refractivity contribution < 1.29 is 19.1 Å². The van der Waals surface area contributed by atoms with Gasteiger partial charge in [-0.1, -0.05) is 12.5 Å². The zero-order valence-corrected chi connectivity index (χ0v) is 22.3. The number of aromatic nitrogens is 1. The van der Waals surface area contributed by atoms with E-state index < -0.39 is 11.9 Å². The van der Waals surface area contributed by atoms with Crippen LogP contribution in [0.3, 0.4) is 0 Å². The number of ether oxygens (including phenoxy) is 1. The SMILES string of the molecule is CCN(CC)c1ccc(CN2CCCCC2COc2ccc3c(c2)CN(C2CCC(=O)NC2=O)C3=O)cn1. The van der Waals surface area contributed by atoms with Gasteiger partial charge in [0, 0.05) is 50.4 Å². The molecule has 3 amide bonds. The largest absolute Gasteiger partial charge is 0.492 e. The highest BCUT2D eigenvalue weighted by atomic mass is 16.5. The molecule has 0 radical (unpaired) electrons. The number of anilines is 1. The van der Waals surface area contributed by atoms with Crippen LogP contribution in [0.15, 0.2) is 36.5 Å². The quantitative estimate of drug-likeness (QED) is 0.509. The number of fused-ring (bicyclic) bond motifs is 1. The highest BCUT2D eigenvalue weighted by Gasteiger charge is 2.39. The van der Waals surface area contributed by atoms with Crippen molar-refractivity contribution in [2.45, 2.75) is 71.1 Å². The van der Waals surface area contributed by atoms with Gasteiger partial charge in [-0.25, -0.2) is 4.98 Å². The Bertz CT molecular complexity index is 1180. The number of rotatable bonds is 9. The molecule has 0 bridgehead atoms. The maximum atomic E-state index is 13.0. The minimum atomic E-state index is -0.608. The molecule has 2 fully saturated rings. The standard InChI is InChI=1S/C29H37N5O4/c1-3-32(4-2)26-12-8-20(16-30-26)17-33-14-6-5-7-22(33)19-38-23-9-10-24-21(15-23)18-34(29(24)37)25-11-13-27(35)31-28(25)36/h8-10,12,15-16,22,25H,3-7,11,13-14,17-19H2,1-2H3,(H,31,35,36). The van der Waals surface area contributed by atoms with E-state index in [4.69, 9.17) is 4.74 Å². The number of piperidine rings is 2. The first-order chi connectivity index (χ1) is 18.5. The minimum Gasteiger partial charge on any atom is -0.492 e. The van der Waals surface area contributed by atoms with Crippen molar-refractivity contribution in [3.8, 4) is 5.75 Å². The molecule has 0 aliphatic carbocycles. The van der Waals surface area contributed by atoms with Crippen molar-refractivity contribution >= 4 is 23.5 Å². The molecule has 1 aromatic heterocycles. The number of carbonyl (C=O) groups excluding carboxylic acids is 3. The third-order valence-corrected chi connectivity index (χ3v) is 7.97. The lowest BCUT2D eigenvalue weighted by Gasteiger charge is -2.35. The molecule has 9 heteroatoms. The number of amides is 3. The maximum Gasteiger partial charge on any atom is 0.255 e. The van der Waals surface area contributed by atoms with E-state index >= 15 is 0 Å². The van der Waals surface area contributed by atoms with E-state index in [-0.39, 0.29) is 18.2 Å². The molecule has 4 heterocycles. The summed E-state index contributed by atoms with van der Waals surface area (Å²) in [6.45, 7) is 8.98. The van der Waals surface area contributed by atoms with Gasteiger partial charge in [0.2, 0.25) is 11.8 Å². The van der Waals surface area contributed by atoms with Crippen LogP contribution in [0.5, 0.6) is 5.75 Å². The summed E-state index contributed by atoms with van der Waals surface area (Å²) in [5, 5.41) is 2.35.